The Bertz CT molecular complexity index is 717. The molecule has 0 aliphatic carbocycles. The Morgan fingerprint density at radius 2 is 1.95 bits per heavy atom. The number of hydrazone groups is 1. The van der Waals surface area contributed by atoms with E-state index in [1.165, 1.54) is 18.3 Å². The van der Waals surface area contributed by atoms with Gasteiger partial charge >= 0.3 is 0 Å². The van der Waals surface area contributed by atoms with Gasteiger partial charge in [0.1, 0.15) is 11.5 Å². The highest BCUT2D eigenvalue weighted by Crippen LogP contribution is 2.24. The zero-order valence-electron chi connectivity index (χ0n) is 10.5. The van der Waals surface area contributed by atoms with Gasteiger partial charge < -0.3 is 10.2 Å². The Balaban J connectivity index is 2.10. The van der Waals surface area contributed by atoms with Crippen molar-refractivity contribution in [3.8, 4) is 11.5 Å². The molecule has 2 aromatic rings. The molecule has 0 saturated carbocycles. The number of amides is 1. The van der Waals surface area contributed by atoms with Crippen molar-refractivity contribution >= 4 is 35.3 Å². The van der Waals surface area contributed by atoms with Crippen LogP contribution < -0.4 is 5.43 Å². The topological polar surface area (TPSA) is 81.9 Å². The van der Waals surface area contributed by atoms with E-state index >= 15 is 0 Å². The van der Waals surface area contributed by atoms with Crippen molar-refractivity contribution < 1.29 is 15.0 Å². The van der Waals surface area contributed by atoms with E-state index in [1.54, 1.807) is 18.2 Å². The highest BCUT2D eigenvalue weighted by atomic mass is 35.5. The zero-order valence-corrected chi connectivity index (χ0v) is 12.1. The van der Waals surface area contributed by atoms with Crippen LogP contribution in [0.25, 0.3) is 0 Å². The maximum absolute atomic E-state index is 11.8. The minimum atomic E-state index is -0.623. The van der Waals surface area contributed by atoms with Gasteiger partial charge in [0.25, 0.3) is 5.91 Å². The second-order valence-electron chi connectivity index (χ2n) is 4.04. The summed E-state index contributed by atoms with van der Waals surface area (Å²) in [5, 5.41) is 23.1. The highest BCUT2D eigenvalue weighted by Gasteiger charge is 2.10. The Morgan fingerprint density at radius 1 is 1.19 bits per heavy atom. The van der Waals surface area contributed by atoms with Crippen molar-refractivity contribution in [1.82, 2.24) is 5.43 Å². The van der Waals surface area contributed by atoms with Crippen LogP contribution in [-0.2, 0) is 0 Å². The zero-order chi connectivity index (χ0) is 15.4. The molecule has 0 saturated heterocycles. The van der Waals surface area contributed by atoms with Crippen molar-refractivity contribution in [1.29, 1.82) is 0 Å². The van der Waals surface area contributed by atoms with Crippen LogP contribution in [0.15, 0.2) is 41.5 Å². The van der Waals surface area contributed by atoms with Crippen LogP contribution in [0.3, 0.4) is 0 Å². The molecule has 2 rings (SSSR count). The predicted octanol–water partition coefficient (Wildman–Crippen LogP) is 3.17. The third-order valence-corrected chi connectivity index (χ3v) is 3.41. The van der Waals surface area contributed by atoms with Crippen molar-refractivity contribution in [2.75, 3.05) is 0 Å². The first-order valence-corrected chi connectivity index (χ1v) is 6.54. The van der Waals surface area contributed by atoms with Gasteiger partial charge in [-0.25, -0.2) is 5.43 Å². The number of hydrogen-bond donors (Lipinski definition) is 3. The van der Waals surface area contributed by atoms with Crippen LogP contribution in [-0.4, -0.2) is 22.3 Å². The van der Waals surface area contributed by atoms with Gasteiger partial charge in [-0.1, -0.05) is 35.3 Å². The Morgan fingerprint density at radius 3 is 2.67 bits per heavy atom. The second kappa shape index (κ2) is 6.47. The third-order valence-electron chi connectivity index (χ3n) is 2.58. The molecular weight excluding hydrogens is 315 g/mol. The van der Waals surface area contributed by atoms with E-state index < -0.39 is 5.91 Å². The predicted molar refractivity (Wildman–Crippen MR) is 81.3 cm³/mol. The summed E-state index contributed by atoms with van der Waals surface area (Å²) < 4.78 is 0. The van der Waals surface area contributed by atoms with E-state index in [2.05, 4.69) is 10.5 Å². The number of carbonyl (C=O) groups excluding carboxylic acids is 1. The van der Waals surface area contributed by atoms with Gasteiger partial charge in [0.15, 0.2) is 0 Å². The van der Waals surface area contributed by atoms with Gasteiger partial charge in [0, 0.05) is 11.6 Å². The lowest BCUT2D eigenvalue weighted by Crippen LogP contribution is -2.17. The Kier molecular flexibility index (Phi) is 4.67. The van der Waals surface area contributed by atoms with Crippen LogP contribution >= 0.6 is 23.2 Å². The summed E-state index contributed by atoms with van der Waals surface area (Å²) in [5.74, 6) is -1.11. The number of phenols is 2. The summed E-state index contributed by atoms with van der Waals surface area (Å²) in [6.07, 6.45) is 1.34. The first-order chi connectivity index (χ1) is 9.99. The number of halogens is 2. The molecule has 0 bridgehead atoms. The summed E-state index contributed by atoms with van der Waals surface area (Å²) in [4.78, 5) is 11.8. The first kappa shape index (κ1) is 15.2. The molecule has 0 atom stereocenters. The number of rotatable bonds is 3. The van der Waals surface area contributed by atoms with Crippen LogP contribution in [0.4, 0.5) is 0 Å². The third kappa shape index (κ3) is 3.65. The molecule has 0 aliphatic rings. The lowest BCUT2D eigenvalue weighted by atomic mass is 10.2. The van der Waals surface area contributed by atoms with Crippen LogP contribution in [0.1, 0.15) is 15.9 Å². The summed E-state index contributed by atoms with van der Waals surface area (Å²) in [7, 11) is 0. The van der Waals surface area contributed by atoms with Gasteiger partial charge in [0.05, 0.1) is 21.8 Å². The van der Waals surface area contributed by atoms with Crippen LogP contribution in [0.2, 0.25) is 10.0 Å². The number of hydrogen-bond acceptors (Lipinski definition) is 4. The van der Waals surface area contributed by atoms with E-state index in [4.69, 9.17) is 28.3 Å². The van der Waals surface area contributed by atoms with E-state index in [0.29, 0.717) is 15.6 Å². The molecule has 7 heteroatoms. The fourth-order valence-corrected chi connectivity index (χ4v) is 1.91. The SMILES string of the molecule is O=C(NN=Cc1cccc(Cl)c1Cl)c1ccc(O)cc1O. The first-order valence-electron chi connectivity index (χ1n) is 5.78. The Hall–Kier alpha value is -2.24. The van der Waals surface area contributed by atoms with Crippen LogP contribution in [0.5, 0.6) is 11.5 Å². The standard InChI is InChI=1S/C14H10Cl2N2O3/c15-11-3-1-2-8(13(11)16)7-17-18-14(21)10-5-4-9(19)6-12(10)20/h1-7,19-20H,(H,18,21). The Labute approximate surface area is 130 Å². The number of aromatic hydroxyl groups is 2. The molecule has 3 N–H and O–H groups in total. The summed E-state index contributed by atoms with van der Waals surface area (Å²) >= 11 is 11.8. The monoisotopic (exact) mass is 324 g/mol. The number of benzene rings is 2. The maximum atomic E-state index is 11.8. The number of carbonyl (C=O) groups is 1. The van der Waals surface area contributed by atoms with Crippen molar-refractivity contribution in [3.05, 3.63) is 57.6 Å². The second-order valence-corrected chi connectivity index (χ2v) is 4.83. The molecule has 0 unspecified atom stereocenters. The lowest BCUT2D eigenvalue weighted by Gasteiger charge is -2.03. The molecule has 0 spiro atoms. The van der Waals surface area contributed by atoms with Crippen molar-refractivity contribution in [2.45, 2.75) is 0 Å². The molecule has 21 heavy (non-hydrogen) atoms. The van der Waals surface area contributed by atoms with Crippen LogP contribution in [0, 0.1) is 0 Å². The van der Waals surface area contributed by atoms with Crippen molar-refractivity contribution in [3.63, 3.8) is 0 Å². The highest BCUT2D eigenvalue weighted by molar-refractivity contribution is 6.43. The fourth-order valence-electron chi connectivity index (χ4n) is 1.55. The molecule has 108 valence electrons. The summed E-state index contributed by atoms with van der Waals surface area (Å²) in [6.45, 7) is 0. The molecule has 1 amide bonds. The minimum Gasteiger partial charge on any atom is -0.508 e. The summed E-state index contributed by atoms with van der Waals surface area (Å²) in [5.41, 5.74) is 2.77. The van der Waals surface area contributed by atoms with E-state index in [0.717, 1.165) is 6.07 Å². The normalized spacial score (nSPS) is 10.8. The number of phenolic OH excluding ortho intramolecular Hbond substituents is 2. The summed E-state index contributed by atoms with van der Waals surface area (Å²) in [6, 6.07) is 8.64. The molecule has 2 aromatic carbocycles. The minimum absolute atomic E-state index is 0.0119. The smallest absolute Gasteiger partial charge is 0.275 e. The number of nitrogens with one attached hydrogen (secondary N) is 1. The van der Waals surface area contributed by atoms with Gasteiger partial charge in [-0.05, 0) is 18.2 Å². The molecule has 0 radical (unpaired) electrons. The maximum Gasteiger partial charge on any atom is 0.275 e. The fraction of sp³-hybridized carbons (Fsp3) is 0. The average molecular weight is 325 g/mol. The van der Waals surface area contributed by atoms with Gasteiger partial charge in [-0.15, -0.1) is 0 Å². The van der Waals surface area contributed by atoms with Gasteiger partial charge in [-0.3, -0.25) is 4.79 Å². The molecule has 5 nitrogen and oxygen atoms in total. The van der Waals surface area contributed by atoms with Gasteiger partial charge in [-0.2, -0.15) is 5.10 Å². The van der Waals surface area contributed by atoms with E-state index in [1.807, 2.05) is 0 Å². The largest absolute Gasteiger partial charge is 0.508 e. The molecule has 0 heterocycles. The number of nitrogens with zero attached hydrogens (tertiary/aromatic N) is 1. The van der Waals surface area contributed by atoms with E-state index in [-0.39, 0.29) is 17.1 Å². The quantitative estimate of drug-likeness (QED) is 0.599. The molecular formula is C14H10Cl2N2O3. The molecule has 0 fully saturated rings. The van der Waals surface area contributed by atoms with Crippen molar-refractivity contribution in [2.24, 2.45) is 5.10 Å². The van der Waals surface area contributed by atoms with Gasteiger partial charge in [0.2, 0.25) is 0 Å². The molecule has 0 aliphatic heterocycles. The average Bonchev–Trinajstić information content (AvgIpc) is 2.43. The lowest BCUT2D eigenvalue weighted by molar-refractivity contribution is 0.0952. The van der Waals surface area contributed by atoms with E-state index in [9.17, 15) is 9.90 Å². The molecule has 0 aromatic heterocycles.